The molecule has 2 unspecified atom stereocenters. The number of ether oxygens (including phenoxy) is 1. The van der Waals surface area contributed by atoms with Crippen LogP contribution in [0.5, 0.6) is 0 Å². The number of alkyl halides is 1. The number of fused-ring (bicyclic) bond motifs is 3. The zero-order valence-corrected chi connectivity index (χ0v) is 14.5. The van der Waals surface area contributed by atoms with Crippen LogP contribution in [0.2, 0.25) is 0 Å². The molecule has 0 saturated carbocycles. The summed E-state index contributed by atoms with van der Waals surface area (Å²) in [5, 5.41) is 11.3. The van der Waals surface area contributed by atoms with Crippen molar-refractivity contribution in [2.24, 2.45) is 0 Å². The van der Waals surface area contributed by atoms with Gasteiger partial charge in [-0.2, -0.15) is 5.10 Å². The van der Waals surface area contributed by atoms with Gasteiger partial charge in [-0.05, 0) is 36.1 Å². The molecule has 2 heterocycles. The van der Waals surface area contributed by atoms with Gasteiger partial charge in [-0.25, -0.2) is 0 Å². The summed E-state index contributed by atoms with van der Waals surface area (Å²) in [5.74, 6) is -0.833. The second-order valence-electron chi connectivity index (χ2n) is 6.09. The molecule has 0 radical (unpaired) electrons. The molecule has 1 aromatic heterocycles. The van der Waals surface area contributed by atoms with Gasteiger partial charge in [-0.1, -0.05) is 41.9 Å². The highest BCUT2D eigenvalue weighted by atomic mass is 35.5. The van der Waals surface area contributed by atoms with Gasteiger partial charge in [0.15, 0.2) is 0 Å². The number of H-pyrrole nitrogens is 1. The highest BCUT2D eigenvalue weighted by Gasteiger charge is 2.40. The minimum atomic E-state index is -0.538. The van der Waals surface area contributed by atoms with Gasteiger partial charge in [0, 0.05) is 5.39 Å². The van der Waals surface area contributed by atoms with Gasteiger partial charge in [0.25, 0.3) is 0 Å². The maximum absolute atomic E-state index is 12.5. The lowest BCUT2D eigenvalue weighted by atomic mass is 9.90. The summed E-state index contributed by atoms with van der Waals surface area (Å²) in [6, 6.07) is 12.2. The third-order valence-electron chi connectivity index (χ3n) is 4.54. The Morgan fingerprint density at radius 3 is 2.88 bits per heavy atom. The van der Waals surface area contributed by atoms with Gasteiger partial charge >= 0.3 is 5.97 Å². The molecule has 4 rings (SSSR count). The van der Waals surface area contributed by atoms with E-state index in [0.29, 0.717) is 13.0 Å². The molecular formula is C19H18ClN3O2. The molecule has 0 spiro atoms. The Bertz CT molecular complexity index is 923. The van der Waals surface area contributed by atoms with Gasteiger partial charge in [-0.3, -0.25) is 9.89 Å². The number of halogens is 1. The summed E-state index contributed by atoms with van der Waals surface area (Å²) in [6.45, 7) is 2.13. The number of carbonyl (C=O) groups is 1. The number of carbonyl (C=O) groups excluding carboxylic acids is 1. The zero-order chi connectivity index (χ0) is 17.4. The summed E-state index contributed by atoms with van der Waals surface area (Å²) >= 11 is 6.47. The Hall–Kier alpha value is -2.53. The van der Waals surface area contributed by atoms with Gasteiger partial charge in [-0.15, -0.1) is 0 Å². The first-order valence-corrected chi connectivity index (χ1v) is 8.72. The van der Waals surface area contributed by atoms with Crippen LogP contribution in [0.25, 0.3) is 10.9 Å². The van der Waals surface area contributed by atoms with Crippen LogP contribution in [0.15, 0.2) is 42.6 Å². The monoisotopic (exact) mass is 355 g/mol. The number of esters is 1. The van der Waals surface area contributed by atoms with Crippen LogP contribution in [0.3, 0.4) is 0 Å². The van der Waals surface area contributed by atoms with Crippen molar-refractivity contribution in [3.05, 3.63) is 59.3 Å². The molecule has 0 amide bonds. The van der Waals surface area contributed by atoms with Crippen molar-refractivity contribution in [3.8, 4) is 0 Å². The second kappa shape index (κ2) is 6.41. The average molecular weight is 356 g/mol. The Labute approximate surface area is 150 Å². The molecule has 6 heteroatoms. The third-order valence-corrected chi connectivity index (χ3v) is 4.90. The highest BCUT2D eigenvalue weighted by molar-refractivity contribution is 6.25. The molecule has 0 bridgehead atoms. The van der Waals surface area contributed by atoms with Crippen LogP contribution in [-0.4, -0.2) is 28.3 Å². The smallest absolute Gasteiger partial charge is 0.316 e. The minimum absolute atomic E-state index is 0.300. The molecule has 2 atom stereocenters. The fourth-order valence-corrected chi connectivity index (χ4v) is 3.81. The van der Waals surface area contributed by atoms with E-state index in [2.05, 4.69) is 33.7 Å². The Morgan fingerprint density at radius 1 is 1.32 bits per heavy atom. The number of nitrogens with zero attached hydrogens (tertiary/aromatic N) is 1. The molecule has 0 saturated heterocycles. The SMILES string of the molecule is CCOC(=O)C1c2c(Cc3ccccc3)cc3[nH]ncc3c2NC1Cl. The van der Waals surface area contributed by atoms with Gasteiger partial charge < -0.3 is 10.1 Å². The number of aromatic amines is 1. The lowest BCUT2D eigenvalue weighted by Crippen LogP contribution is -2.24. The second-order valence-corrected chi connectivity index (χ2v) is 6.56. The van der Waals surface area contributed by atoms with Crippen molar-refractivity contribution in [2.45, 2.75) is 24.8 Å². The molecule has 128 valence electrons. The number of hydrogen-bond acceptors (Lipinski definition) is 4. The normalized spacial score (nSPS) is 18.8. The third kappa shape index (κ3) is 2.74. The molecule has 1 aliphatic heterocycles. The summed E-state index contributed by atoms with van der Waals surface area (Å²) in [5.41, 5.74) is 4.39. The van der Waals surface area contributed by atoms with E-state index in [1.807, 2.05) is 18.2 Å². The van der Waals surface area contributed by atoms with E-state index < -0.39 is 11.4 Å². The summed E-state index contributed by atoms with van der Waals surface area (Å²) < 4.78 is 5.27. The zero-order valence-electron chi connectivity index (χ0n) is 13.8. The van der Waals surface area contributed by atoms with Crippen molar-refractivity contribution >= 4 is 34.2 Å². The van der Waals surface area contributed by atoms with Gasteiger partial charge in [0.1, 0.15) is 11.4 Å². The van der Waals surface area contributed by atoms with E-state index in [-0.39, 0.29) is 5.97 Å². The predicted octanol–water partition coefficient (Wildman–Crippen LogP) is 3.79. The molecule has 0 fully saturated rings. The summed E-state index contributed by atoms with van der Waals surface area (Å²) in [6.07, 6.45) is 2.46. The number of hydrogen-bond donors (Lipinski definition) is 2. The average Bonchev–Trinajstić information content (AvgIpc) is 3.19. The molecule has 1 aliphatic rings. The van der Waals surface area contributed by atoms with Gasteiger partial charge in [0.05, 0.1) is 24.0 Å². The van der Waals surface area contributed by atoms with E-state index in [0.717, 1.165) is 27.7 Å². The van der Waals surface area contributed by atoms with Crippen molar-refractivity contribution in [3.63, 3.8) is 0 Å². The first kappa shape index (κ1) is 16.0. The molecule has 2 aromatic carbocycles. The van der Waals surface area contributed by atoms with Crippen LogP contribution in [0.4, 0.5) is 5.69 Å². The Morgan fingerprint density at radius 2 is 2.12 bits per heavy atom. The number of benzene rings is 2. The fraction of sp³-hybridized carbons (Fsp3) is 0.263. The lowest BCUT2D eigenvalue weighted by Gasteiger charge is -2.16. The van der Waals surface area contributed by atoms with Crippen LogP contribution in [0.1, 0.15) is 29.5 Å². The van der Waals surface area contributed by atoms with Crippen molar-refractivity contribution < 1.29 is 9.53 Å². The summed E-state index contributed by atoms with van der Waals surface area (Å²) in [7, 11) is 0. The maximum Gasteiger partial charge on any atom is 0.316 e. The Kier molecular flexibility index (Phi) is 4.09. The van der Waals surface area contributed by atoms with Crippen LogP contribution >= 0.6 is 11.6 Å². The van der Waals surface area contributed by atoms with Crippen LogP contribution < -0.4 is 5.32 Å². The van der Waals surface area contributed by atoms with E-state index in [4.69, 9.17) is 16.3 Å². The number of rotatable bonds is 4. The Balaban J connectivity index is 1.87. The first-order valence-electron chi connectivity index (χ1n) is 8.29. The topological polar surface area (TPSA) is 67.0 Å². The summed E-state index contributed by atoms with van der Waals surface area (Å²) in [4.78, 5) is 12.5. The molecule has 2 N–H and O–H groups in total. The van der Waals surface area contributed by atoms with Crippen molar-refractivity contribution in [1.29, 1.82) is 0 Å². The van der Waals surface area contributed by atoms with E-state index in [1.165, 1.54) is 5.56 Å². The largest absolute Gasteiger partial charge is 0.465 e. The van der Waals surface area contributed by atoms with Gasteiger partial charge in [0.2, 0.25) is 0 Å². The standard InChI is InChI=1S/C19H18ClN3O2/c1-2-25-19(24)16-15-12(8-11-6-4-3-5-7-11)9-14-13(10-21-23-14)17(15)22-18(16)20/h3-7,9-10,16,18,22H,2,8H2,1H3,(H,21,23). The van der Waals surface area contributed by atoms with E-state index in [9.17, 15) is 4.79 Å². The predicted molar refractivity (Wildman–Crippen MR) is 98.0 cm³/mol. The molecule has 0 aliphatic carbocycles. The van der Waals surface area contributed by atoms with E-state index >= 15 is 0 Å². The quantitative estimate of drug-likeness (QED) is 0.424. The van der Waals surface area contributed by atoms with Crippen molar-refractivity contribution in [1.82, 2.24) is 10.2 Å². The molecule has 25 heavy (non-hydrogen) atoms. The first-order chi connectivity index (χ1) is 12.2. The molecule has 3 aromatic rings. The van der Waals surface area contributed by atoms with Crippen molar-refractivity contribution in [2.75, 3.05) is 11.9 Å². The minimum Gasteiger partial charge on any atom is -0.465 e. The number of anilines is 1. The molecule has 5 nitrogen and oxygen atoms in total. The highest BCUT2D eigenvalue weighted by Crippen LogP contribution is 2.45. The van der Waals surface area contributed by atoms with Crippen LogP contribution in [-0.2, 0) is 16.0 Å². The fourth-order valence-electron chi connectivity index (χ4n) is 3.47. The number of nitrogens with one attached hydrogen (secondary N) is 2. The maximum atomic E-state index is 12.5. The lowest BCUT2D eigenvalue weighted by molar-refractivity contribution is -0.144. The van der Waals surface area contributed by atoms with E-state index in [1.54, 1.807) is 13.1 Å². The molecular weight excluding hydrogens is 338 g/mol. The van der Waals surface area contributed by atoms with Crippen LogP contribution in [0, 0.1) is 0 Å². The number of aromatic nitrogens is 2.